The molecule has 0 aliphatic rings. The highest BCUT2D eigenvalue weighted by Gasteiger charge is 2.14. The summed E-state index contributed by atoms with van der Waals surface area (Å²) in [5, 5.41) is 2.39. The number of carbonyl (C=O) groups is 1. The number of hydrogen-bond donors (Lipinski definition) is 2. The molecule has 3 nitrogen and oxygen atoms in total. The lowest BCUT2D eigenvalue weighted by atomic mass is 10.2. The first-order valence-corrected chi connectivity index (χ1v) is 5.77. The maximum absolute atomic E-state index is 13.4. The molecule has 2 rings (SSSR count). The number of nitrogens with one attached hydrogen (secondary N) is 1. The van der Waals surface area contributed by atoms with Crippen LogP contribution in [0.4, 0.5) is 24.5 Å². The van der Waals surface area contributed by atoms with Gasteiger partial charge in [-0.3, -0.25) is 4.79 Å². The van der Waals surface area contributed by atoms with Gasteiger partial charge in [0.05, 0.1) is 16.4 Å². The number of benzene rings is 2. The summed E-state index contributed by atoms with van der Waals surface area (Å²) in [6.07, 6.45) is 0. The minimum absolute atomic E-state index is 0.107. The molecule has 0 heterocycles. The minimum atomic E-state index is -1.34. The van der Waals surface area contributed by atoms with Crippen molar-refractivity contribution in [3.63, 3.8) is 0 Å². The van der Waals surface area contributed by atoms with Gasteiger partial charge < -0.3 is 11.1 Å². The third-order valence-electron chi connectivity index (χ3n) is 2.52. The molecule has 3 N–H and O–H groups in total. The summed E-state index contributed by atoms with van der Waals surface area (Å²) in [5.41, 5.74) is 5.34. The van der Waals surface area contributed by atoms with E-state index in [0.29, 0.717) is 12.1 Å². The molecular formula is C13H8ClF3N2O. The number of nitrogen functional groups attached to an aromatic ring is 1. The van der Waals surface area contributed by atoms with Crippen molar-refractivity contribution in [3.8, 4) is 0 Å². The first-order chi connectivity index (χ1) is 9.38. The number of hydrogen-bond acceptors (Lipinski definition) is 2. The first-order valence-electron chi connectivity index (χ1n) is 5.39. The molecule has 0 atom stereocenters. The molecule has 0 saturated carbocycles. The Bertz CT molecular complexity index is 692. The van der Waals surface area contributed by atoms with Crippen LogP contribution in [-0.4, -0.2) is 5.91 Å². The van der Waals surface area contributed by atoms with E-state index in [9.17, 15) is 18.0 Å². The predicted molar refractivity (Wildman–Crippen MR) is 70.1 cm³/mol. The summed E-state index contributed by atoms with van der Waals surface area (Å²) in [4.78, 5) is 11.8. The zero-order valence-corrected chi connectivity index (χ0v) is 10.6. The van der Waals surface area contributed by atoms with E-state index >= 15 is 0 Å². The van der Waals surface area contributed by atoms with Crippen molar-refractivity contribution in [2.75, 3.05) is 11.1 Å². The fourth-order valence-corrected chi connectivity index (χ4v) is 1.62. The average molecular weight is 301 g/mol. The highest BCUT2D eigenvalue weighted by molar-refractivity contribution is 6.33. The molecule has 20 heavy (non-hydrogen) atoms. The number of nitrogens with two attached hydrogens (primary N) is 1. The van der Waals surface area contributed by atoms with Crippen molar-refractivity contribution in [1.29, 1.82) is 0 Å². The molecular weight excluding hydrogens is 293 g/mol. The maximum Gasteiger partial charge on any atom is 0.255 e. The highest BCUT2D eigenvalue weighted by Crippen LogP contribution is 2.22. The number of rotatable bonds is 2. The zero-order chi connectivity index (χ0) is 14.9. The largest absolute Gasteiger partial charge is 0.398 e. The van der Waals surface area contributed by atoms with Crippen LogP contribution < -0.4 is 11.1 Å². The lowest BCUT2D eigenvalue weighted by Gasteiger charge is -2.08. The number of anilines is 2. The smallest absolute Gasteiger partial charge is 0.255 e. The van der Waals surface area contributed by atoms with Gasteiger partial charge in [0.2, 0.25) is 0 Å². The van der Waals surface area contributed by atoms with E-state index in [1.807, 2.05) is 0 Å². The third-order valence-corrected chi connectivity index (χ3v) is 2.86. The Labute approximate surface area is 117 Å². The van der Waals surface area contributed by atoms with Crippen molar-refractivity contribution < 1.29 is 18.0 Å². The molecule has 2 aromatic rings. The standard InChI is InChI=1S/C13H8ClF3N2O/c14-7-2-1-6(3-11(7)18)13(20)19-12-5-9(16)8(15)4-10(12)17/h1-5H,18H2,(H,19,20). The Balaban J connectivity index is 2.27. The van der Waals surface area contributed by atoms with Crippen molar-refractivity contribution in [2.24, 2.45) is 0 Å². The molecule has 0 radical (unpaired) electrons. The van der Waals surface area contributed by atoms with Crippen molar-refractivity contribution in [3.05, 3.63) is 58.4 Å². The van der Waals surface area contributed by atoms with E-state index < -0.39 is 29.0 Å². The Morgan fingerprint density at radius 1 is 1.05 bits per heavy atom. The SMILES string of the molecule is Nc1cc(C(=O)Nc2cc(F)c(F)cc2F)ccc1Cl. The Morgan fingerprint density at radius 2 is 1.70 bits per heavy atom. The number of amides is 1. The Kier molecular flexibility index (Phi) is 3.85. The molecule has 0 aromatic heterocycles. The van der Waals surface area contributed by atoms with Gasteiger partial charge in [0, 0.05) is 17.7 Å². The van der Waals surface area contributed by atoms with Crippen LogP contribution in [0.2, 0.25) is 5.02 Å². The second kappa shape index (κ2) is 5.42. The minimum Gasteiger partial charge on any atom is -0.398 e. The molecule has 0 aliphatic carbocycles. The lowest BCUT2D eigenvalue weighted by molar-refractivity contribution is 0.102. The fourth-order valence-electron chi connectivity index (χ4n) is 1.50. The van der Waals surface area contributed by atoms with E-state index in [0.717, 1.165) is 0 Å². The van der Waals surface area contributed by atoms with Crippen LogP contribution in [0.3, 0.4) is 0 Å². The van der Waals surface area contributed by atoms with Crippen LogP contribution in [0.1, 0.15) is 10.4 Å². The van der Waals surface area contributed by atoms with Gasteiger partial charge in [-0.25, -0.2) is 13.2 Å². The maximum atomic E-state index is 13.4. The van der Waals surface area contributed by atoms with Crippen molar-refractivity contribution >= 4 is 28.9 Å². The summed E-state index contributed by atoms with van der Waals surface area (Å²) in [6.45, 7) is 0. The second-order valence-corrected chi connectivity index (χ2v) is 4.34. The lowest BCUT2D eigenvalue weighted by Crippen LogP contribution is -2.14. The Morgan fingerprint density at radius 3 is 2.35 bits per heavy atom. The summed E-state index contributed by atoms with van der Waals surface area (Å²) in [6, 6.07) is 4.96. The predicted octanol–water partition coefficient (Wildman–Crippen LogP) is 3.59. The Hall–Kier alpha value is -2.21. The number of carbonyl (C=O) groups excluding carboxylic acids is 1. The monoisotopic (exact) mass is 300 g/mol. The molecule has 0 spiro atoms. The van der Waals surface area contributed by atoms with Crippen LogP contribution in [0.5, 0.6) is 0 Å². The van der Waals surface area contributed by atoms with Crippen molar-refractivity contribution in [2.45, 2.75) is 0 Å². The van der Waals surface area contributed by atoms with Gasteiger partial charge in [-0.05, 0) is 18.2 Å². The van der Waals surface area contributed by atoms with Crippen LogP contribution in [0, 0.1) is 17.5 Å². The van der Waals surface area contributed by atoms with E-state index in [1.165, 1.54) is 18.2 Å². The zero-order valence-electron chi connectivity index (χ0n) is 9.88. The van der Waals surface area contributed by atoms with Gasteiger partial charge in [0.1, 0.15) is 5.82 Å². The first kappa shape index (κ1) is 14.2. The van der Waals surface area contributed by atoms with E-state index in [-0.39, 0.29) is 16.3 Å². The normalized spacial score (nSPS) is 10.4. The van der Waals surface area contributed by atoms with E-state index in [1.54, 1.807) is 0 Å². The summed E-state index contributed by atoms with van der Waals surface area (Å²) < 4.78 is 39.1. The molecule has 0 bridgehead atoms. The molecule has 0 fully saturated rings. The quantitative estimate of drug-likeness (QED) is 0.658. The molecule has 104 valence electrons. The van der Waals surface area contributed by atoms with Gasteiger partial charge in [0.25, 0.3) is 5.91 Å². The second-order valence-electron chi connectivity index (χ2n) is 3.94. The third kappa shape index (κ3) is 2.85. The van der Waals surface area contributed by atoms with Crippen LogP contribution in [0.25, 0.3) is 0 Å². The fraction of sp³-hybridized carbons (Fsp3) is 0. The van der Waals surface area contributed by atoms with Gasteiger partial charge in [0.15, 0.2) is 11.6 Å². The summed E-state index contributed by atoms with van der Waals surface area (Å²) in [7, 11) is 0. The van der Waals surface area contributed by atoms with Gasteiger partial charge in [-0.1, -0.05) is 11.6 Å². The van der Waals surface area contributed by atoms with Gasteiger partial charge in [-0.15, -0.1) is 0 Å². The molecule has 0 unspecified atom stereocenters. The van der Waals surface area contributed by atoms with Crippen LogP contribution in [0.15, 0.2) is 30.3 Å². The summed E-state index contributed by atoms with van der Waals surface area (Å²) >= 11 is 5.70. The molecule has 1 amide bonds. The molecule has 2 aromatic carbocycles. The molecule has 0 saturated heterocycles. The van der Waals surface area contributed by atoms with Gasteiger partial charge >= 0.3 is 0 Å². The van der Waals surface area contributed by atoms with E-state index in [2.05, 4.69) is 5.32 Å². The van der Waals surface area contributed by atoms with E-state index in [4.69, 9.17) is 17.3 Å². The van der Waals surface area contributed by atoms with Crippen molar-refractivity contribution in [1.82, 2.24) is 0 Å². The molecule has 0 aliphatic heterocycles. The topological polar surface area (TPSA) is 55.1 Å². The highest BCUT2D eigenvalue weighted by atomic mass is 35.5. The summed E-state index contributed by atoms with van der Waals surface area (Å²) in [5.74, 6) is -4.41. The molecule has 7 heteroatoms. The number of halogens is 4. The van der Waals surface area contributed by atoms with Crippen LogP contribution in [-0.2, 0) is 0 Å². The van der Waals surface area contributed by atoms with Gasteiger partial charge in [-0.2, -0.15) is 0 Å². The average Bonchev–Trinajstić information content (AvgIpc) is 2.39. The van der Waals surface area contributed by atoms with Crippen LogP contribution >= 0.6 is 11.6 Å².